The van der Waals surface area contributed by atoms with E-state index in [-0.39, 0.29) is 16.6 Å². The molecule has 2 aromatic rings. The Bertz CT molecular complexity index is 1420. The van der Waals surface area contributed by atoms with Crippen molar-refractivity contribution < 1.29 is 18.0 Å². The zero-order valence-corrected chi connectivity index (χ0v) is 28.9. The van der Waals surface area contributed by atoms with Crippen LogP contribution in [0.5, 0.6) is 0 Å². The number of nitrogens with zero attached hydrogens (tertiary/aromatic N) is 6. The average Bonchev–Trinajstić information content (AvgIpc) is 3.82. The zero-order valence-electron chi connectivity index (χ0n) is 28.1. The number of thiazole rings is 1. The Balaban J connectivity index is 0.000000977. The number of hydrogen-bond acceptors (Lipinski definition) is 7. The second-order valence-electron chi connectivity index (χ2n) is 10.7. The third-order valence-electron chi connectivity index (χ3n) is 7.66. The van der Waals surface area contributed by atoms with Crippen molar-refractivity contribution in [1.82, 2.24) is 24.7 Å². The first-order chi connectivity index (χ1) is 22.1. The number of amidine groups is 1. The second-order valence-corrected chi connectivity index (χ2v) is 11.6. The van der Waals surface area contributed by atoms with Crippen molar-refractivity contribution in [2.45, 2.75) is 91.9 Å². The maximum absolute atomic E-state index is 12.9. The third kappa shape index (κ3) is 8.97. The Morgan fingerprint density at radius 2 is 1.85 bits per heavy atom. The molecule has 0 bridgehead atoms. The fraction of sp³-hybridized carbons (Fsp3) is 0.529. The van der Waals surface area contributed by atoms with Crippen molar-refractivity contribution >= 4 is 28.7 Å². The molecular weight excluding hydrogens is 611 g/mol. The largest absolute Gasteiger partial charge is 0.434 e. The van der Waals surface area contributed by atoms with E-state index in [0.29, 0.717) is 19.5 Å². The molecule has 1 N–H and O–H groups in total. The summed E-state index contributed by atoms with van der Waals surface area (Å²) in [5.74, 6) is 0.298. The van der Waals surface area contributed by atoms with Crippen molar-refractivity contribution in [3.05, 3.63) is 70.7 Å². The van der Waals surface area contributed by atoms with Gasteiger partial charge in [-0.2, -0.15) is 18.4 Å². The Hall–Kier alpha value is -3.69. The van der Waals surface area contributed by atoms with Crippen molar-refractivity contribution in [1.29, 1.82) is 5.26 Å². The van der Waals surface area contributed by atoms with Gasteiger partial charge in [0.1, 0.15) is 5.84 Å². The number of piperidine rings is 1. The lowest BCUT2D eigenvalue weighted by molar-refractivity contribution is -0.140. The van der Waals surface area contributed by atoms with Gasteiger partial charge in [0, 0.05) is 61.8 Å². The van der Waals surface area contributed by atoms with E-state index < -0.39 is 17.8 Å². The van der Waals surface area contributed by atoms with E-state index >= 15 is 0 Å². The Kier molecular flexibility index (Phi) is 14.9. The normalized spacial score (nSPS) is 18.3. The number of carbonyl (C=O) groups is 1. The van der Waals surface area contributed by atoms with Crippen LogP contribution < -0.4 is 5.32 Å². The van der Waals surface area contributed by atoms with Gasteiger partial charge in [-0.1, -0.05) is 54.5 Å². The minimum Gasteiger partial charge on any atom is -0.347 e. The monoisotopic (exact) mass is 659 g/mol. The van der Waals surface area contributed by atoms with Gasteiger partial charge in [-0.15, -0.1) is 11.3 Å². The Morgan fingerprint density at radius 3 is 2.39 bits per heavy atom. The summed E-state index contributed by atoms with van der Waals surface area (Å²) in [5, 5.41) is 13.4. The van der Waals surface area contributed by atoms with Crippen molar-refractivity contribution in [3.63, 3.8) is 0 Å². The number of carbonyl (C=O) groups excluding carboxylic acids is 1. The van der Waals surface area contributed by atoms with E-state index in [1.807, 2.05) is 46.9 Å². The standard InChI is InChI=1S/C27H28F3N7OS.C3H8.2C2H6/c1-3-32-23-21(4-10-33-23)18(2)19-5-13-37(14-19)26(8-9-31)16-36(17-26)20-6-11-35(12-7-20)25(38)24-34-22(15-39-24)27(28,29)30;1-3-2;2*1-2/h3-5,10,13-15,20H,1,6-8,11-12,16-17H2,2H3,(H,32,33);3H2,1-2H3;2*1-2H3/b21-18+;;;. The van der Waals surface area contributed by atoms with E-state index in [0.717, 1.165) is 65.2 Å². The van der Waals surface area contributed by atoms with E-state index in [1.165, 1.54) is 6.42 Å². The fourth-order valence-electron chi connectivity index (χ4n) is 5.47. The van der Waals surface area contributed by atoms with Gasteiger partial charge in [-0.25, -0.2) is 9.98 Å². The van der Waals surface area contributed by atoms with Crippen molar-refractivity contribution in [2.24, 2.45) is 4.99 Å². The minimum absolute atomic E-state index is 0.127. The lowest BCUT2D eigenvalue weighted by Gasteiger charge is -2.54. The van der Waals surface area contributed by atoms with Crippen molar-refractivity contribution in [3.8, 4) is 6.07 Å². The van der Waals surface area contributed by atoms with E-state index in [2.05, 4.69) is 63.5 Å². The van der Waals surface area contributed by atoms with Gasteiger partial charge in [0.05, 0.1) is 18.0 Å². The number of amides is 1. The van der Waals surface area contributed by atoms with Crippen LogP contribution in [0.4, 0.5) is 13.2 Å². The van der Waals surface area contributed by atoms with Crippen LogP contribution in [0.15, 0.2) is 59.5 Å². The predicted molar refractivity (Wildman–Crippen MR) is 181 cm³/mol. The molecule has 252 valence electrons. The SMILES string of the molecule is C=CNC1=NC=C/C1=C(/C)c1ccn(C2(CC#N)CN(C3CCN(C(=O)c4nc(C(F)(F)F)cs4)CC3)C2)c1.CC.CC.CCC. The van der Waals surface area contributed by atoms with Gasteiger partial charge < -0.3 is 14.8 Å². The summed E-state index contributed by atoms with van der Waals surface area (Å²) in [6.45, 7) is 20.4. The maximum atomic E-state index is 12.9. The van der Waals surface area contributed by atoms with Gasteiger partial charge in [-0.05, 0) is 49.2 Å². The lowest BCUT2D eigenvalue weighted by Crippen LogP contribution is -2.66. The second kappa shape index (κ2) is 17.9. The molecule has 3 aliphatic rings. The van der Waals surface area contributed by atoms with Crippen LogP contribution in [-0.2, 0) is 11.7 Å². The molecule has 12 heteroatoms. The van der Waals surface area contributed by atoms with Crippen LogP contribution in [0.1, 0.15) is 95.2 Å². The van der Waals surface area contributed by atoms with Crippen LogP contribution in [0.25, 0.3) is 5.57 Å². The molecule has 2 aromatic heterocycles. The molecule has 5 heterocycles. The molecule has 0 unspecified atom stereocenters. The predicted octanol–water partition coefficient (Wildman–Crippen LogP) is 8.09. The summed E-state index contributed by atoms with van der Waals surface area (Å²) in [6.07, 6.45) is 7.91. The number of alkyl halides is 3. The van der Waals surface area contributed by atoms with Crippen LogP contribution in [-0.4, -0.2) is 63.3 Å². The summed E-state index contributed by atoms with van der Waals surface area (Å²) in [7, 11) is 0. The number of nitrogens with one attached hydrogen (secondary N) is 1. The first-order valence-electron chi connectivity index (χ1n) is 16.0. The number of aromatic nitrogens is 2. The summed E-state index contributed by atoms with van der Waals surface area (Å²) in [5.41, 5.74) is 1.75. The molecule has 2 saturated heterocycles. The van der Waals surface area contributed by atoms with Gasteiger partial charge in [0.25, 0.3) is 5.91 Å². The minimum atomic E-state index is -4.56. The molecule has 0 atom stereocenters. The molecule has 2 fully saturated rings. The molecule has 3 aliphatic heterocycles. The number of halogens is 3. The third-order valence-corrected chi connectivity index (χ3v) is 8.50. The first-order valence-corrected chi connectivity index (χ1v) is 16.9. The number of allylic oxidation sites excluding steroid dienone is 1. The molecule has 0 saturated carbocycles. The molecule has 5 rings (SSSR count). The Morgan fingerprint density at radius 1 is 1.22 bits per heavy atom. The van der Waals surface area contributed by atoms with Gasteiger partial charge in [0.2, 0.25) is 0 Å². The molecule has 0 radical (unpaired) electrons. The number of rotatable bonds is 6. The van der Waals surface area contributed by atoms with Crippen molar-refractivity contribution in [2.75, 3.05) is 26.2 Å². The van der Waals surface area contributed by atoms with Gasteiger partial charge in [0.15, 0.2) is 10.7 Å². The molecule has 1 amide bonds. The molecule has 46 heavy (non-hydrogen) atoms. The molecular formula is C34H48F3N7OS. The molecule has 0 aliphatic carbocycles. The highest BCUT2D eigenvalue weighted by Crippen LogP contribution is 2.38. The summed E-state index contributed by atoms with van der Waals surface area (Å²) >= 11 is 0.731. The maximum Gasteiger partial charge on any atom is 0.434 e. The topological polar surface area (TPSA) is 89.5 Å². The Labute approximate surface area is 276 Å². The zero-order chi connectivity index (χ0) is 34.5. The number of hydrogen-bond donors (Lipinski definition) is 1. The van der Waals surface area contributed by atoms with Crippen LogP contribution in [0.2, 0.25) is 0 Å². The van der Waals surface area contributed by atoms with Gasteiger partial charge >= 0.3 is 6.18 Å². The van der Waals surface area contributed by atoms with Crippen LogP contribution >= 0.6 is 11.3 Å². The number of nitriles is 1. The summed E-state index contributed by atoms with van der Waals surface area (Å²) < 4.78 is 40.7. The lowest BCUT2D eigenvalue weighted by atomic mass is 9.83. The smallest absolute Gasteiger partial charge is 0.347 e. The quantitative estimate of drug-likeness (QED) is 0.339. The summed E-state index contributed by atoms with van der Waals surface area (Å²) in [4.78, 5) is 24.5. The van der Waals surface area contributed by atoms with Crippen LogP contribution in [0.3, 0.4) is 0 Å². The highest BCUT2D eigenvalue weighted by atomic mass is 32.1. The van der Waals surface area contributed by atoms with E-state index in [9.17, 15) is 23.2 Å². The van der Waals surface area contributed by atoms with E-state index in [4.69, 9.17) is 0 Å². The van der Waals surface area contributed by atoms with E-state index in [1.54, 1.807) is 17.3 Å². The highest BCUT2D eigenvalue weighted by molar-refractivity contribution is 7.11. The van der Waals surface area contributed by atoms with Crippen LogP contribution in [0, 0.1) is 11.3 Å². The number of likely N-dealkylation sites (tertiary alicyclic amines) is 2. The first kappa shape index (κ1) is 38.5. The molecule has 0 aromatic carbocycles. The summed E-state index contributed by atoms with van der Waals surface area (Å²) in [6, 6.07) is 4.65. The highest BCUT2D eigenvalue weighted by Gasteiger charge is 2.47. The molecule has 8 nitrogen and oxygen atoms in total. The molecule has 0 spiro atoms. The van der Waals surface area contributed by atoms with Gasteiger partial charge in [-0.3, -0.25) is 9.69 Å². The fourth-order valence-corrected chi connectivity index (χ4v) is 6.26. The number of aliphatic imine (C=N–C) groups is 1. The average molecular weight is 660 g/mol.